The van der Waals surface area contributed by atoms with Crippen LogP contribution in [0.25, 0.3) is 5.57 Å². The number of aromatic nitrogens is 1. The van der Waals surface area contributed by atoms with Crippen molar-refractivity contribution in [2.24, 2.45) is 0 Å². The molecule has 1 aromatic carbocycles. The normalized spacial score (nSPS) is 13.7. The summed E-state index contributed by atoms with van der Waals surface area (Å²) in [6, 6.07) is 15.0. The lowest BCUT2D eigenvalue weighted by molar-refractivity contribution is -0.134. The van der Waals surface area contributed by atoms with Crippen molar-refractivity contribution < 1.29 is 19.8 Å². The van der Waals surface area contributed by atoms with Crippen molar-refractivity contribution >= 4 is 17.5 Å². The van der Waals surface area contributed by atoms with Crippen LogP contribution in [0.15, 0.2) is 66.4 Å². The van der Waals surface area contributed by atoms with Crippen molar-refractivity contribution in [3.05, 3.63) is 83.2 Å². The summed E-state index contributed by atoms with van der Waals surface area (Å²) >= 11 is 0. The third-order valence-corrected chi connectivity index (χ3v) is 4.89. The van der Waals surface area contributed by atoms with Crippen molar-refractivity contribution in [1.82, 2.24) is 9.88 Å². The molecule has 1 aliphatic rings. The van der Waals surface area contributed by atoms with Gasteiger partial charge in [0.15, 0.2) is 0 Å². The maximum Gasteiger partial charge on any atom is 0.328 e. The summed E-state index contributed by atoms with van der Waals surface area (Å²) in [4.78, 5) is 26.0. The Morgan fingerprint density at radius 3 is 2.27 bits per heavy atom. The highest BCUT2D eigenvalue weighted by atomic mass is 16.4. The Kier molecular flexibility index (Phi) is 8.50. The number of benzene rings is 1. The number of hydrogen-bond donors (Lipinski definition) is 2. The second-order valence-electron chi connectivity index (χ2n) is 7.39. The first-order chi connectivity index (χ1) is 14.3. The van der Waals surface area contributed by atoms with Gasteiger partial charge in [-0.25, -0.2) is 9.59 Å². The smallest absolute Gasteiger partial charge is 0.328 e. The molecule has 0 saturated heterocycles. The fraction of sp³-hybridized carbons (Fsp3) is 0.292. The summed E-state index contributed by atoms with van der Waals surface area (Å²) in [5.41, 5.74) is 7.13. The number of hydrogen-bond acceptors (Lipinski definition) is 4. The molecule has 0 radical (unpaired) electrons. The first-order valence-corrected chi connectivity index (χ1v) is 9.79. The van der Waals surface area contributed by atoms with Crippen molar-refractivity contribution in [2.45, 2.75) is 25.7 Å². The molecular formula is C24H28N2O4. The van der Waals surface area contributed by atoms with E-state index in [1.807, 2.05) is 12.3 Å². The quantitative estimate of drug-likeness (QED) is 0.676. The van der Waals surface area contributed by atoms with Crippen molar-refractivity contribution in [1.29, 1.82) is 0 Å². The molecule has 1 heterocycles. The lowest BCUT2D eigenvalue weighted by Crippen LogP contribution is -2.14. The molecule has 1 aliphatic carbocycles. The highest BCUT2D eigenvalue weighted by molar-refractivity contribution is 5.89. The Labute approximate surface area is 177 Å². The van der Waals surface area contributed by atoms with Crippen LogP contribution in [-0.2, 0) is 16.0 Å². The van der Waals surface area contributed by atoms with Crippen LogP contribution in [0.5, 0.6) is 0 Å². The van der Waals surface area contributed by atoms with E-state index in [2.05, 4.69) is 67.3 Å². The van der Waals surface area contributed by atoms with Gasteiger partial charge in [0.1, 0.15) is 0 Å². The molecule has 2 aromatic rings. The highest BCUT2D eigenvalue weighted by Gasteiger charge is 2.26. The monoisotopic (exact) mass is 408 g/mol. The van der Waals surface area contributed by atoms with Gasteiger partial charge in [0, 0.05) is 36.5 Å². The SMILES string of the molecule is C[C@@H](C1=C(CCN(C)C)Cc2ccccc21)c1ccccn1.O=C(O)/C=C\C(=O)O. The van der Waals surface area contributed by atoms with Gasteiger partial charge in [0.2, 0.25) is 0 Å². The molecule has 1 aromatic heterocycles. The lowest BCUT2D eigenvalue weighted by atomic mass is 9.89. The van der Waals surface area contributed by atoms with Crippen molar-refractivity contribution in [2.75, 3.05) is 20.6 Å². The minimum atomic E-state index is -1.26. The fourth-order valence-corrected chi connectivity index (χ4v) is 3.50. The average molecular weight is 408 g/mol. The number of carboxylic acid groups (broad SMARTS) is 2. The van der Waals surface area contributed by atoms with E-state index in [4.69, 9.17) is 10.2 Å². The molecule has 0 spiro atoms. The predicted molar refractivity (Wildman–Crippen MR) is 117 cm³/mol. The zero-order valence-corrected chi connectivity index (χ0v) is 17.6. The Balaban J connectivity index is 0.000000343. The first-order valence-electron chi connectivity index (χ1n) is 9.79. The summed E-state index contributed by atoms with van der Waals surface area (Å²) in [7, 11) is 4.29. The van der Waals surface area contributed by atoms with E-state index in [-0.39, 0.29) is 0 Å². The molecule has 158 valence electrons. The van der Waals surface area contributed by atoms with Gasteiger partial charge >= 0.3 is 11.9 Å². The van der Waals surface area contributed by atoms with Gasteiger partial charge in [-0.15, -0.1) is 0 Å². The van der Waals surface area contributed by atoms with Crippen molar-refractivity contribution in [3.63, 3.8) is 0 Å². The van der Waals surface area contributed by atoms with E-state index >= 15 is 0 Å². The van der Waals surface area contributed by atoms with E-state index in [1.165, 1.54) is 16.7 Å². The van der Waals surface area contributed by atoms with Gasteiger partial charge in [-0.2, -0.15) is 0 Å². The largest absolute Gasteiger partial charge is 0.478 e. The topological polar surface area (TPSA) is 90.7 Å². The molecule has 1 atom stereocenters. The molecule has 0 fully saturated rings. The number of carbonyl (C=O) groups is 2. The average Bonchev–Trinajstić information content (AvgIpc) is 3.09. The number of carboxylic acids is 2. The van der Waals surface area contributed by atoms with E-state index in [0.717, 1.165) is 25.1 Å². The molecule has 0 aliphatic heterocycles. The molecule has 30 heavy (non-hydrogen) atoms. The molecule has 0 amide bonds. The number of pyridine rings is 1. The number of nitrogens with zero attached hydrogens (tertiary/aromatic N) is 2. The van der Waals surface area contributed by atoms with Crippen LogP contribution < -0.4 is 0 Å². The number of aliphatic carboxylic acids is 2. The fourth-order valence-electron chi connectivity index (χ4n) is 3.50. The van der Waals surface area contributed by atoms with E-state index in [9.17, 15) is 9.59 Å². The number of rotatable bonds is 7. The van der Waals surface area contributed by atoms with Gasteiger partial charge in [0.05, 0.1) is 0 Å². The Bertz CT molecular complexity index is 917. The Hall–Kier alpha value is -3.25. The third-order valence-electron chi connectivity index (χ3n) is 4.89. The summed E-state index contributed by atoms with van der Waals surface area (Å²) in [5.74, 6) is -2.16. The molecule has 3 rings (SSSR count). The minimum Gasteiger partial charge on any atom is -0.478 e. The maximum atomic E-state index is 9.55. The van der Waals surface area contributed by atoms with E-state index < -0.39 is 11.9 Å². The van der Waals surface area contributed by atoms with Gasteiger partial charge in [-0.05, 0) is 55.8 Å². The maximum absolute atomic E-state index is 9.55. The lowest BCUT2D eigenvalue weighted by Gasteiger charge is -2.18. The standard InChI is InChI=1S/C20H24N2.C4H4O4/c1-15(19-10-6-7-12-21-19)20-17(11-13-22(2)3)14-16-8-4-5-9-18(16)20;5-3(6)1-2-4(7)8/h4-10,12,15H,11,13-14H2,1-3H3;1-2H,(H,5,6)(H,7,8)/b;2-1-/t15-;/m1./s1. The van der Waals surface area contributed by atoms with Crippen LogP contribution in [0.4, 0.5) is 0 Å². The third kappa shape index (κ3) is 6.67. The van der Waals surface area contributed by atoms with Crippen molar-refractivity contribution in [3.8, 4) is 0 Å². The van der Waals surface area contributed by atoms with Crippen LogP contribution in [0.1, 0.15) is 36.1 Å². The van der Waals surface area contributed by atoms with Gasteiger partial charge in [-0.3, -0.25) is 4.98 Å². The summed E-state index contributed by atoms with van der Waals surface area (Å²) in [6.07, 6.45) is 5.24. The van der Waals surface area contributed by atoms with Gasteiger partial charge in [0.25, 0.3) is 0 Å². The van der Waals surface area contributed by atoms with Crippen LogP contribution >= 0.6 is 0 Å². The van der Waals surface area contributed by atoms with E-state index in [1.54, 1.807) is 5.57 Å². The van der Waals surface area contributed by atoms with Gasteiger partial charge < -0.3 is 15.1 Å². The van der Waals surface area contributed by atoms with Crippen LogP contribution in [-0.4, -0.2) is 52.7 Å². The molecule has 2 N–H and O–H groups in total. The molecule has 0 saturated carbocycles. The minimum absolute atomic E-state index is 0.349. The first kappa shape index (κ1) is 23.0. The number of fused-ring (bicyclic) bond motifs is 1. The zero-order chi connectivity index (χ0) is 22.1. The molecule has 6 nitrogen and oxygen atoms in total. The van der Waals surface area contributed by atoms with Crippen LogP contribution in [0.3, 0.4) is 0 Å². The molecule has 0 bridgehead atoms. The summed E-state index contributed by atoms with van der Waals surface area (Å²) in [5, 5.41) is 15.6. The highest BCUT2D eigenvalue weighted by Crippen LogP contribution is 2.42. The predicted octanol–water partition coefficient (Wildman–Crippen LogP) is 3.86. The second-order valence-corrected chi connectivity index (χ2v) is 7.39. The molecular weight excluding hydrogens is 380 g/mol. The Morgan fingerprint density at radius 1 is 1.07 bits per heavy atom. The zero-order valence-electron chi connectivity index (χ0n) is 17.6. The number of allylic oxidation sites excluding steroid dienone is 1. The van der Waals surface area contributed by atoms with E-state index in [0.29, 0.717) is 18.1 Å². The van der Waals surface area contributed by atoms with Crippen LogP contribution in [0.2, 0.25) is 0 Å². The second kappa shape index (κ2) is 11.1. The van der Waals surface area contributed by atoms with Crippen LogP contribution in [0, 0.1) is 0 Å². The van der Waals surface area contributed by atoms with Gasteiger partial charge in [-0.1, -0.05) is 42.8 Å². The summed E-state index contributed by atoms with van der Waals surface area (Å²) in [6.45, 7) is 3.39. The molecule has 6 heteroatoms. The Morgan fingerprint density at radius 2 is 1.70 bits per heavy atom. The summed E-state index contributed by atoms with van der Waals surface area (Å²) < 4.78 is 0. The molecule has 0 unspecified atom stereocenters.